The van der Waals surface area contributed by atoms with Gasteiger partial charge in [0.25, 0.3) is 0 Å². The first-order valence-electron chi connectivity index (χ1n) is 34.5. The second-order valence-electron chi connectivity index (χ2n) is 25.5. The summed E-state index contributed by atoms with van der Waals surface area (Å²) >= 11 is 0. The minimum absolute atomic E-state index is 0.867. The van der Waals surface area contributed by atoms with E-state index in [9.17, 15) is 0 Å². The molecule has 0 spiro atoms. The largest absolute Gasteiger partial charge is 0.456 e. The molecular formula is C96H68N4O2. The van der Waals surface area contributed by atoms with Gasteiger partial charge in [-0.1, -0.05) is 218 Å². The molecule has 0 aliphatic rings. The lowest BCUT2D eigenvalue weighted by Crippen LogP contribution is -2.09. The van der Waals surface area contributed by atoms with Crippen LogP contribution >= 0.6 is 0 Å². The maximum absolute atomic E-state index is 6.34. The summed E-state index contributed by atoms with van der Waals surface area (Å²) in [4.78, 5) is 4.58. The van der Waals surface area contributed by atoms with Gasteiger partial charge in [0.15, 0.2) is 0 Å². The van der Waals surface area contributed by atoms with Crippen molar-refractivity contribution in [1.29, 1.82) is 0 Å². The van der Waals surface area contributed by atoms with Crippen molar-refractivity contribution in [2.75, 3.05) is 20.4 Å². The Labute approximate surface area is 593 Å². The number of rotatable bonds is 16. The summed E-state index contributed by atoms with van der Waals surface area (Å²) in [5, 5.41) is 11.4. The third-order valence-electron chi connectivity index (χ3n) is 18.8. The SMILES string of the molecule is c1ccc(-c2cc(-c3ccc(N(c4ccccc4)c4ccc5c(c4)oc4ccccc45)cc3)cc(-c3ccc(N(c4ccccc4)c4ccc5c(c4)oc4ccccc45)cc3)c2)cc1.c1ccc(Nc2ccc(-c3cc(-c4ccccc4)cc(-c4ccc(Nc5ccccc5)cc4)c3)cc2)cc1. The number of nitrogens with one attached hydrogen (secondary N) is 2. The number of furan rings is 2. The van der Waals surface area contributed by atoms with Crippen molar-refractivity contribution in [1.82, 2.24) is 0 Å². The normalized spacial score (nSPS) is 11.1. The van der Waals surface area contributed by atoms with Crippen molar-refractivity contribution < 1.29 is 8.83 Å². The van der Waals surface area contributed by atoms with E-state index in [2.05, 4.69) is 360 Å². The number of hydrogen-bond acceptors (Lipinski definition) is 6. The lowest BCUT2D eigenvalue weighted by Gasteiger charge is -2.26. The molecule has 18 aromatic rings. The summed E-state index contributed by atoms with van der Waals surface area (Å²) in [5.74, 6) is 0. The molecule has 0 unspecified atom stereocenters. The van der Waals surface area contributed by atoms with Crippen LogP contribution < -0.4 is 20.4 Å². The quantitative estimate of drug-likeness (QED) is 0.101. The molecule has 102 heavy (non-hydrogen) atoms. The van der Waals surface area contributed by atoms with Gasteiger partial charge in [-0.2, -0.15) is 0 Å². The fourth-order valence-electron chi connectivity index (χ4n) is 13.7. The minimum atomic E-state index is 0.867. The first kappa shape index (κ1) is 61.9. The molecule has 6 nitrogen and oxygen atoms in total. The summed E-state index contributed by atoms with van der Waals surface area (Å²) in [5.41, 5.74) is 28.2. The van der Waals surface area contributed by atoms with E-state index in [4.69, 9.17) is 8.83 Å². The molecule has 0 atom stereocenters. The number of hydrogen-bond donors (Lipinski definition) is 2. The van der Waals surface area contributed by atoms with Gasteiger partial charge in [-0.05, 0) is 237 Å². The molecule has 0 saturated carbocycles. The molecule has 0 aliphatic carbocycles. The van der Waals surface area contributed by atoms with Crippen LogP contribution in [0.2, 0.25) is 0 Å². The molecule has 6 heteroatoms. The van der Waals surface area contributed by atoms with Gasteiger partial charge in [-0.15, -0.1) is 0 Å². The van der Waals surface area contributed by atoms with Crippen LogP contribution in [0.4, 0.5) is 56.9 Å². The Hall–Kier alpha value is -13.7. The van der Waals surface area contributed by atoms with Crippen molar-refractivity contribution in [2.24, 2.45) is 0 Å². The highest BCUT2D eigenvalue weighted by Crippen LogP contribution is 2.44. The van der Waals surface area contributed by atoms with Crippen molar-refractivity contribution in [3.63, 3.8) is 0 Å². The first-order chi connectivity index (χ1) is 50.5. The van der Waals surface area contributed by atoms with Crippen LogP contribution in [0.5, 0.6) is 0 Å². The van der Waals surface area contributed by atoms with Crippen molar-refractivity contribution >= 4 is 101 Å². The highest BCUT2D eigenvalue weighted by atomic mass is 16.3. The van der Waals surface area contributed by atoms with Crippen LogP contribution in [0.1, 0.15) is 0 Å². The first-order valence-corrected chi connectivity index (χ1v) is 34.5. The molecule has 484 valence electrons. The summed E-state index contributed by atoms with van der Waals surface area (Å²) in [6.45, 7) is 0. The molecule has 0 radical (unpaired) electrons. The zero-order chi connectivity index (χ0) is 68.0. The zero-order valence-electron chi connectivity index (χ0n) is 55.8. The van der Waals surface area contributed by atoms with Gasteiger partial charge in [0.1, 0.15) is 22.3 Å². The maximum Gasteiger partial charge on any atom is 0.137 e. The van der Waals surface area contributed by atoms with Crippen LogP contribution in [0, 0.1) is 0 Å². The van der Waals surface area contributed by atoms with Gasteiger partial charge >= 0.3 is 0 Å². The standard InChI is InChI=1S/C60H40N2O2.C36H28N2/c1-4-14-41(15-5-1)44-36-45(42-24-28-49(29-25-42)61(47-16-6-2-7-17-47)51-32-34-55-53-20-10-12-22-57(53)63-59(55)39-51)38-46(37-44)43-26-30-50(31-27-43)62(48-18-8-3-9-19-48)52-33-35-56-54-21-11-13-23-58(54)64-60(56)40-52;1-4-10-27(11-5-1)30-24-31(28-16-20-35(21-17-28)37-33-12-6-2-7-13-33)26-32(25-30)29-18-22-36(23-19-29)38-34-14-8-3-9-15-34/h1-40H;1-26,37-38H. The lowest BCUT2D eigenvalue weighted by molar-refractivity contribution is 0.668. The summed E-state index contributed by atoms with van der Waals surface area (Å²) in [6.07, 6.45) is 0. The van der Waals surface area contributed by atoms with E-state index in [0.29, 0.717) is 0 Å². The monoisotopic (exact) mass is 1310 g/mol. The van der Waals surface area contributed by atoms with Gasteiger partial charge < -0.3 is 29.3 Å². The van der Waals surface area contributed by atoms with Gasteiger partial charge in [0, 0.05) is 90.6 Å². The van der Waals surface area contributed by atoms with Crippen LogP contribution in [-0.4, -0.2) is 0 Å². The third kappa shape index (κ3) is 13.2. The van der Waals surface area contributed by atoms with E-state index in [1.54, 1.807) is 0 Å². The van der Waals surface area contributed by atoms with Gasteiger partial charge in [-0.25, -0.2) is 0 Å². The number of fused-ring (bicyclic) bond motifs is 6. The number of para-hydroxylation sites is 6. The predicted molar refractivity (Wildman–Crippen MR) is 429 cm³/mol. The smallest absolute Gasteiger partial charge is 0.137 e. The molecule has 0 bridgehead atoms. The zero-order valence-corrected chi connectivity index (χ0v) is 55.8. The summed E-state index contributed by atoms with van der Waals surface area (Å²) < 4.78 is 12.7. The Morgan fingerprint density at radius 1 is 0.157 bits per heavy atom. The second kappa shape index (κ2) is 28.0. The summed E-state index contributed by atoms with van der Waals surface area (Å²) in [6, 6.07) is 141. The molecule has 2 aromatic heterocycles. The van der Waals surface area contributed by atoms with Crippen molar-refractivity contribution in [3.05, 3.63) is 400 Å². The molecule has 2 N–H and O–H groups in total. The highest BCUT2D eigenvalue weighted by molar-refractivity contribution is 6.07. The van der Waals surface area contributed by atoms with Gasteiger partial charge in [-0.3, -0.25) is 0 Å². The minimum Gasteiger partial charge on any atom is -0.456 e. The maximum atomic E-state index is 6.34. The van der Waals surface area contributed by atoms with Gasteiger partial charge in [0.2, 0.25) is 0 Å². The van der Waals surface area contributed by atoms with Gasteiger partial charge in [0.05, 0.1) is 0 Å². The van der Waals surface area contributed by atoms with E-state index in [-0.39, 0.29) is 0 Å². The molecule has 0 fully saturated rings. The molecule has 2 heterocycles. The Balaban J connectivity index is 0.000000173. The highest BCUT2D eigenvalue weighted by Gasteiger charge is 2.19. The molecule has 0 amide bonds. The molecule has 0 aliphatic heterocycles. The Bertz CT molecular complexity index is 5570. The fourth-order valence-corrected chi connectivity index (χ4v) is 13.7. The number of benzene rings is 16. The van der Waals surface area contributed by atoms with Crippen LogP contribution in [0.25, 0.3) is 111 Å². The van der Waals surface area contributed by atoms with Crippen LogP contribution in [0.3, 0.4) is 0 Å². The van der Waals surface area contributed by atoms with Crippen molar-refractivity contribution in [3.8, 4) is 66.8 Å². The average Bonchev–Trinajstić information content (AvgIpc) is 1.58. The Morgan fingerprint density at radius 2 is 0.392 bits per heavy atom. The Morgan fingerprint density at radius 3 is 0.725 bits per heavy atom. The van der Waals surface area contributed by atoms with E-state index in [1.807, 2.05) is 60.7 Å². The van der Waals surface area contributed by atoms with E-state index in [1.165, 1.54) is 38.9 Å². The second-order valence-corrected chi connectivity index (χ2v) is 25.5. The summed E-state index contributed by atoms with van der Waals surface area (Å²) in [7, 11) is 0. The number of anilines is 10. The van der Waals surface area contributed by atoms with E-state index < -0.39 is 0 Å². The lowest BCUT2D eigenvalue weighted by atomic mass is 9.93. The topological polar surface area (TPSA) is 56.8 Å². The van der Waals surface area contributed by atoms with E-state index >= 15 is 0 Å². The van der Waals surface area contributed by atoms with Crippen molar-refractivity contribution in [2.45, 2.75) is 0 Å². The van der Waals surface area contributed by atoms with Crippen LogP contribution in [-0.2, 0) is 0 Å². The molecular weight excluding hydrogens is 1240 g/mol. The van der Waals surface area contributed by atoms with E-state index in [0.717, 1.165) is 129 Å². The molecule has 18 rings (SSSR count). The predicted octanol–water partition coefficient (Wildman–Crippen LogP) is 27.6. The average molecular weight is 1310 g/mol. The number of nitrogens with zero attached hydrogens (tertiary/aromatic N) is 2. The third-order valence-corrected chi connectivity index (χ3v) is 18.8. The fraction of sp³-hybridized carbons (Fsp3) is 0. The van der Waals surface area contributed by atoms with Crippen LogP contribution in [0.15, 0.2) is 409 Å². The Kier molecular flexibility index (Phi) is 17.0. The molecule has 0 saturated heterocycles. The molecule has 16 aromatic carbocycles.